The predicted octanol–water partition coefficient (Wildman–Crippen LogP) is 1.71. The van der Waals surface area contributed by atoms with Gasteiger partial charge in [0.25, 0.3) is 0 Å². The molecule has 0 unspecified atom stereocenters. The number of ether oxygens (including phenoxy) is 1. The average molecular weight is 401 g/mol. The number of nitrogens with one attached hydrogen (secondary N) is 1. The molecule has 4 rings (SSSR count). The maximum Gasteiger partial charge on any atom is 0.324 e. The Labute approximate surface area is 162 Å². The second-order valence-electron chi connectivity index (χ2n) is 6.74. The second kappa shape index (κ2) is 6.92. The summed E-state index contributed by atoms with van der Waals surface area (Å²) in [5.41, 5.74) is 0.978. The standard InChI is InChI=1S/C19H19N3O5S/c1-13-4-2-3-5-17(13)27-15-6-8-16(9-7-15)28(25,26)21-11-14(12-21)22-18(23)10-20-19(22)24/h2-9,14H,10-12H2,1H3,(H,20,24). The van der Waals surface area contributed by atoms with Gasteiger partial charge in [-0.05, 0) is 42.8 Å². The number of carbonyl (C=O) groups is 2. The van der Waals surface area contributed by atoms with E-state index in [9.17, 15) is 18.0 Å². The van der Waals surface area contributed by atoms with Crippen molar-refractivity contribution < 1.29 is 22.7 Å². The molecular weight excluding hydrogens is 382 g/mol. The van der Waals surface area contributed by atoms with Gasteiger partial charge in [-0.25, -0.2) is 13.2 Å². The zero-order valence-electron chi connectivity index (χ0n) is 15.2. The van der Waals surface area contributed by atoms with Gasteiger partial charge in [0.05, 0.1) is 17.5 Å². The lowest BCUT2D eigenvalue weighted by Crippen LogP contribution is -2.62. The van der Waals surface area contributed by atoms with Crippen LogP contribution in [0.15, 0.2) is 53.4 Å². The van der Waals surface area contributed by atoms with Crippen molar-refractivity contribution in [2.24, 2.45) is 0 Å². The van der Waals surface area contributed by atoms with E-state index in [-0.39, 0.29) is 30.4 Å². The molecule has 28 heavy (non-hydrogen) atoms. The van der Waals surface area contributed by atoms with Crippen LogP contribution in [0.1, 0.15) is 5.56 Å². The Kier molecular flexibility index (Phi) is 4.56. The maximum absolute atomic E-state index is 12.7. The molecule has 1 N–H and O–H groups in total. The van der Waals surface area contributed by atoms with Gasteiger partial charge in [0.1, 0.15) is 11.5 Å². The van der Waals surface area contributed by atoms with Gasteiger partial charge in [0.15, 0.2) is 0 Å². The summed E-state index contributed by atoms with van der Waals surface area (Å²) in [7, 11) is -3.69. The molecule has 8 nitrogen and oxygen atoms in total. The lowest BCUT2D eigenvalue weighted by Gasteiger charge is -2.41. The normalized spacial score (nSPS) is 18.1. The summed E-state index contributed by atoms with van der Waals surface area (Å²) in [6.45, 7) is 2.09. The van der Waals surface area contributed by atoms with Crippen molar-refractivity contribution >= 4 is 22.0 Å². The van der Waals surface area contributed by atoms with Crippen LogP contribution < -0.4 is 10.1 Å². The van der Waals surface area contributed by atoms with Gasteiger partial charge < -0.3 is 10.1 Å². The van der Waals surface area contributed by atoms with Gasteiger partial charge in [-0.1, -0.05) is 18.2 Å². The van der Waals surface area contributed by atoms with Crippen LogP contribution in [-0.4, -0.2) is 55.2 Å². The summed E-state index contributed by atoms with van der Waals surface area (Å²) in [5.74, 6) is 0.913. The molecule has 2 aromatic carbocycles. The van der Waals surface area contributed by atoms with Crippen LogP contribution in [-0.2, 0) is 14.8 Å². The number of benzene rings is 2. The molecular formula is C19H19N3O5S. The molecule has 0 aromatic heterocycles. The van der Waals surface area contributed by atoms with Crippen LogP contribution in [0.5, 0.6) is 11.5 Å². The number of aryl methyl sites for hydroxylation is 1. The number of nitrogens with zero attached hydrogens (tertiary/aromatic N) is 2. The van der Waals surface area contributed by atoms with Crippen LogP contribution in [0.3, 0.4) is 0 Å². The molecule has 0 spiro atoms. The van der Waals surface area contributed by atoms with Gasteiger partial charge in [-0.3, -0.25) is 9.69 Å². The zero-order chi connectivity index (χ0) is 19.9. The fourth-order valence-electron chi connectivity index (χ4n) is 3.21. The minimum absolute atomic E-state index is 0.0373. The van der Waals surface area contributed by atoms with Gasteiger partial charge in [-0.15, -0.1) is 0 Å². The number of urea groups is 1. The number of rotatable bonds is 5. The number of hydrogen-bond donors (Lipinski definition) is 1. The number of imide groups is 1. The van der Waals surface area contributed by atoms with Crippen molar-refractivity contribution in [2.75, 3.05) is 19.6 Å². The van der Waals surface area contributed by atoms with Crippen LogP contribution in [0, 0.1) is 6.92 Å². The molecule has 0 bridgehead atoms. The van der Waals surface area contributed by atoms with E-state index in [2.05, 4.69) is 5.32 Å². The van der Waals surface area contributed by atoms with Crippen molar-refractivity contribution in [3.05, 3.63) is 54.1 Å². The molecule has 0 radical (unpaired) electrons. The molecule has 0 aliphatic carbocycles. The van der Waals surface area contributed by atoms with Crippen LogP contribution in [0.4, 0.5) is 4.79 Å². The first-order valence-electron chi connectivity index (χ1n) is 8.80. The first-order valence-corrected chi connectivity index (χ1v) is 10.2. The molecule has 3 amide bonds. The SMILES string of the molecule is Cc1ccccc1Oc1ccc(S(=O)(=O)N2CC(N3C(=O)CNC3=O)C2)cc1. The Morgan fingerprint density at radius 1 is 1.04 bits per heavy atom. The van der Waals surface area contributed by atoms with Crippen molar-refractivity contribution in [3.8, 4) is 11.5 Å². The highest BCUT2D eigenvalue weighted by molar-refractivity contribution is 7.89. The second-order valence-corrected chi connectivity index (χ2v) is 8.68. The third-order valence-corrected chi connectivity index (χ3v) is 6.70. The number of sulfonamides is 1. The van der Waals surface area contributed by atoms with E-state index in [0.717, 1.165) is 10.5 Å². The Morgan fingerprint density at radius 2 is 1.71 bits per heavy atom. The molecule has 2 saturated heterocycles. The topological polar surface area (TPSA) is 96.0 Å². The van der Waals surface area contributed by atoms with E-state index in [1.165, 1.54) is 16.4 Å². The van der Waals surface area contributed by atoms with Gasteiger partial charge in [-0.2, -0.15) is 4.31 Å². The van der Waals surface area contributed by atoms with E-state index in [0.29, 0.717) is 11.5 Å². The molecule has 2 heterocycles. The lowest BCUT2D eigenvalue weighted by atomic mass is 10.1. The van der Waals surface area contributed by atoms with E-state index in [1.807, 2.05) is 31.2 Å². The monoisotopic (exact) mass is 401 g/mol. The summed E-state index contributed by atoms with van der Waals surface area (Å²) in [5, 5.41) is 2.44. The predicted molar refractivity (Wildman–Crippen MR) is 100 cm³/mol. The maximum atomic E-state index is 12.7. The highest BCUT2D eigenvalue weighted by atomic mass is 32.2. The van der Waals surface area contributed by atoms with Gasteiger partial charge >= 0.3 is 6.03 Å². The molecule has 146 valence electrons. The average Bonchev–Trinajstić information content (AvgIpc) is 2.95. The third kappa shape index (κ3) is 3.23. The van der Waals surface area contributed by atoms with Crippen LogP contribution in [0.2, 0.25) is 0 Å². The smallest absolute Gasteiger partial charge is 0.324 e. The number of carbonyl (C=O) groups excluding carboxylic acids is 2. The third-order valence-electron chi connectivity index (χ3n) is 4.86. The minimum atomic E-state index is -3.69. The Balaban J connectivity index is 1.43. The Morgan fingerprint density at radius 3 is 2.32 bits per heavy atom. The Bertz CT molecular complexity index is 1010. The number of para-hydroxylation sites is 1. The van der Waals surface area contributed by atoms with E-state index in [1.54, 1.807) is 12.1 Å². The molecule has 2 fully saturated rings. The molecule has 2 aromatic rings. The van der Waals surface area contributed by atoms with Crippen molar-refractivity contribution in [3.63, 3.8) is 0 Å². The van der Waals surface area contributed by atoms with Gasteiger partial charge in [0, 0.05) is 13.1 Å². The van der Waals surface area contributed by atoms with Crippen molar-refractivity contribution in [2.45, 2.75) is 17.9 Å². The fourth-order valence-corrected chi connectivity index (χ4v) is 4.72. The van der Waals surface area contributed by atoms with E-state index >= 15 is 0 Å². The van der Waals surface area contributed by atoms with Crippen molar-refractivity contribution in [1.29, 1.82) is 0 Å². The number of amides is 3. The summed E-state index contributed by atoms with van der Waals surface area (Å²) in [6.07, 6.45) is 0. The summed E-state index contributed by atoms with van der Waals surface area (Å²) < 4.78 is 32.5. The highest BCUT2D eigenvalue weighted by Crippen LogP contribution is 2.29. The van der Waals surface area contributed by atoms with Crippen LogP contribution in [0.25, 0.3) is 0 Å². The quantitative estimate of drug-likeness (QED) is 0.770. The largest absolute Gasteiger partial charge is 0.457 e. The summed E-state index contributed by atoms with van der Waals surface area (Å²) in [6, 6.07) is 12.9. The molecule has 9 heteroatoms. The minimum Gasteiger partial charge on any atom is -0.457 e. The molecule has 0 saturated carbocycles. The first kappa shape index (κ1) is 18.5. The number of hydrogen-bond acceptors (Lipinski definition) is 5. The molecule has 0 atom stereocenters. The van der Waals surface area contributed by atoms with Crippen LogP contribution >= 0.6 is 0 Å². The first-order chi connectivity index (χ1) is 13.4. The van der Waals surface area contributed by atoms with Crippen molar-refractivity contribution in [1.82, 2.24) is 14.5 Å². The molecule has 2 aliphatic heterocycles. The fraction of sp³-hybridized carbons (Fsp3) is 0.263. The summed E-state index contributed by atoms with van der Waals surface area (Å²) >= 11 is 0. The zero-order valence-corrected chi connectivity index (χ0v) is 16.0. The highest BCUT2D eigenvalue weighted by Gasteiger charge is 2.45. The molecule has 2 aliphatic rings. The van der Waals surface area contributed by atoms with E-state index in [4.69, 9.17) is 4.74 Å². The Hall–Kier alpha value is -2.91. The van der Waals surface area contributed by atoms with E-state index < -0.39 is 22.1 Å². The summed E-state index contributed by atoms with van der Waals surface area (Å²) in [4.78, 5) is 24.6. The lowest BCUT2D eigenvalue weighted by molar-refractivity contribution is -0.128. The van der Waals surface area contributed by atoms with Gasteiger partial charge in [0.2, 0.25) is 15.9 Å².